The smallest absolute Gasteiger partial charge is 0.408 e. The molecule has 2 aromatic rings. The molecule has 1 aromatic carbocycles. The van der Waals surface area contributed by atoms with Crippen LogP contribution in [-0.2, 0) is 11.8 Å². The van der Waals surface area contributed by atoms with Gasteiger partial charge < -0.3 is 15.1 Å². The fourth-order valence-electron chi connectivity index (χ4n) is 2.40. The molecule has 0 spiro atoms. The van der Waals surface area contributed by atoms with Crippen molar-refractivity contribution in [3.8, 4) is 0 Å². The lowest BCUT2D eigenvalue weighted by Gasteiger charge is -2.22. The van der Waals surface area contributed by atoms with Crippen molar-refractivity contribution in [2.24, 2.45) is 7.05 Å². The number of nitrogens with one attached hydrogen (secondary N) is 2. The SMILES string of the molecule is Cl.Cn1c(=O)oc2cc(NC(=O)CC3CSCCN3)ccc21. The lowest BCUT2D eigenvalue weighted by molar-refractivity contribution is -0.116. The quantitative estimate of drug-likeness (QED) is 0.885. The van der Waals surface area contributed by atoms with E-state index in [-0.39, 0.29) is 24.4 Å². The van der Waals surface area contributed by atoms with Crippen LogP contribution >= 0.6 is 24.2 Å². The number of hydrogen-bond acceptors (Lipinski definition) is 5. The number of benzene rings is 1. The number of fused-ring (bicyclic) bond motifs is 1. The average Bonchev–Trinajstić information content (AvgIpc) is 2.74. The maximum Gasteiger partial charge on any atom is 0.419 e. The fourth-order valence-corrected chi connectivity index (χ4v) is 3.35. The zero-order chi connectivity index (χ0) is 14.8. The van der Waals surface area contributed by atoms with E-state index in [4.69, 9.17) is 4.42 Å². The standard InChI is InChI=1S/C14H17N3O3S.ClH/c1-17-11-3-2-9(6-12(11)20-14(17)19)16-13(18)7-10-8-21-5-4-15-10;/h2-3,6,10,15H,4-5,7-8H2,1H3,(H,16,18);1H. The van der Waals surface area contributed by atoms with Crippen molar-refractivity contribution >= 4 is 46.9 Å². The highest BCUT2D eigenvalue weighted by atomic mass is 35.5. The zero-order valence-electron chi connectivity index (χ0n) is 12.1. The van der Waals surface area contributed by atoms with Crippen molar-refractivity contribution in [1.82, 2.24) is 9.88 Å². The Hall–Kier alpha value is -1.44. The van der Waals surface area contributed by atoms with Crippen LogP contribution in [0.2, 0.25) is 0 Å². The molecule has 1 aliphatic rings. The summed E-state index contributed by atoms with van der Waals surface area (Å²) >= 11 is 1.86. The first kappa shape index (κ1) is 16.9. The van der Waals surface area contributed by atoms with Gasteiger partial charge in [-0.25, -0.2) is 4.79 Å². The molecule has 2 heterocycles. The largest absolute Gasteiger partial charge is 0.419 e. The third-order valence-corrected chi connectivity index (χ3v) is 4.64. The van der Waals surface area contributed by atoms with Crippen LogP contribution in [0.25, 0.3) is 11.1 Å². The molecule has 0 radical (unpaired) electrons. The minimum absolute atomic E-state index is 0. The average molecular weight is 344 g/mol. The minimum atomic E-state index is -0.406. The maximum absolute atomic E-state index is 12.0. The summed E-state index contributed by atoms with van der Waals surface area (Å²) < 4.78 is 6.55. The number of carbonyl (C=O) groups excluding carboxylic acids is 1. The Bertz CT molecular complexity index is 722. The van der Waals surface area contributed by atoms with Gasteiger partial charge in [0.2, 0.25) is 5.91 Å². The van der Waals surface area contributed by atoms with Crippen LogP contribution in [0.4, 0.5) is 5.69 Å². The van der Waals surface area contributed by atoms with Crippen molar-refractivity contribution in [2.45, 2.75) is 12.5 Å². The highest BCUT2D eigenvalue weighted by Crippen LogP contribution is 2.18. The molecule has 120 valence electrons. The van der Waals surface area contributed by atoms with Gasteiger partial charge in [-0.3, -0.25) is 9.36 Å². The van der Waals surface area contributed by atoms with Crippen molar-refractivity contribution in [3.05, 3.63) is 28.7 Å². The van der Waals surface area contributed by atoms with E-state index in [1.54, 1.807) is 25.2 Å². The van der Waals surface area contributed by atoms with Gasteiger partial charge in [-0.1, -0.05) is 0 Å². The number of hydrogen-bond donors (Lipinski definition) is 2. The van der Waals surface area contributed by atoms with E-state index in [1.165, 1.54) is 4.57 Å². The van der Waals surface area contributed by atoms with Gasteiger partial charge in [0.1, 0.15) is 0 Å². The molecule has 6 nitrogen and oxygen atoms in total. The van der Waals surface area contributed by atoms with Gasteiger partial charge in [-0.05, 0) is 12.1 Å². The number of anilines is 1. The molecule has 1 unspecified atom stereocenters. The van der Waals surface area contributed by atoms with Gasteiger partial charge >= 0.3 is 5.76 Å². The van der Waals surface area contributed by atoms with Gasteiger partial charge in [0.15, 0.2) is 5.58 Å². The fraction of sp³-hybridized carbons (Fsp3) is 0.429. The molecule has 1 aromatic heterocycles. The third-order valence-electron chi connectivity index (χ3n) is 3.51. The Morgan fingerprint density at radius 1 is 1.55 bits per heavy atom. The summed E-state index contributed by atoms with van der Waals surface area (Å²) in [4.78, 5) is 23.5. The monoisotopic (exact) mass is 343 g/mol. The van der Waals surface area contributed by atoms with E-state index in [9.17, 15) is 9.59 Å². The summed E-state index contributed by atoms with van der Waals surface area (Å²) in [6.07, 6.45) is 0.448. The molecule has 1 aliphatic heterocycles. The first-order valence-corrected chi connectivity index (χ1v) is 7.99. The molecular weight excluding hydrogens is 326 g/mol. The first-order valence-electron chi connectivity index (χ1n) is 6.84. The van der Waals surface area contributed by atoms with Gasteiger partial charge in [-0.2, -0.15) is 11.8 Å². The molecule has 0 bridgehead atoms. The van der Waals surface area contributed by atoms with Crippen LogP contribution in [-0.4, -0.2) is 34.6 Å². The molecule has 2 N–H and O–H groups in total. The lowest BCUT2D eigenvalue weighted by atomic mass is 10.2. The summed E-state index contributed by atoms with van der Waals surface area (Å²) in [7, 11) is 1.65. The van der Waals surface area contributed by atoms with Crippen LogP contribution in [0.15, 0.2) is 27.4 Å². The molecule has 1 fully saturated rings. The molecule has 22 heavy (non-hydrogen) atoms. The lowest BCUT2D eigenvalue weighted by Crippen LogP contribution is -2.39. The van der Waals surface area contributed by atoms with E-state index in [0.717, 1.165) is 18.1 Å². The number of halogens is 1. The summed E-state index contributed by atoms with van der Waals surface area (Å²) in [5.74, 6) is 1.62. The second-order valence-corrected chi connectivity index (χ2v) is 6.24. The van der Waals surface area contributed by atoms with Crippen molar-refractivity contribution in [2.75, 3.05) is 23.4 Å². The zero-order valence-corrected chi connectivity index (χ0v) is 13.8. The highest BCUT2D eigenvalue weighted by Gasteiger charge is 2.17. The second-order valence-electron chi connectivity index (χ2n) is 5.09. The van der Waals surface area contributed by atoms with Crippen LogP contribution in [0, 0.1) is 0 Å². The van der Waals surface area contributed by atoms with Gasteiger partial charge in [0.05, 0.1) is 5.52 Å². The number of thioether (sulfide) groups is 1. The second kappa shape index (κ2) is 7.21. The first-order chi connectivity index (χ1) is 10.1. The topological polar surface area (TPSA) is 76.3 Å². The van der Waals surface area contributed by atoms with Crippen molar-refractivity contribution in [1.29, 1.82) is 0 Å². The van der Waals surface area contributed by atoms with Crippen molar-refractivity contribution < 1.29 is 9.21 Å². The Kier molecular flexibility index (Phi) is 5.55. The van der Waals surface area contributed by atoms with Crippen LogP contribution in [0.1, 0.15) is 6.42 Å². The predicted octanol–water partition coefficient (Wildman–Crippen LogP) is 1.59. The maximum atomic E-state index is 12.0. The Morgan fingerprint density at radius 2 is 2.36 bits per heavy atom. The summed E-state index contributed by atoms with van der Waals surface area (Å²) in [6, 6.07) is 5.45. The summed E-state index contributed by atoms with van der Waals surface area (Å²) in [6.45, 7) is 0.948. The van der Waals surface area contributed by atoms with Gasteiger partial charge in [0, 0.05) is 49.3 Å². The Balaban J connectivity index is 0.00000176. The predicted molar refractivity (Wildman–Crippen MR) is 91.1 cm³/mol. The van der Waals surface area contributed by atoms with Crippen molar-refractivity contribution in [3.63, 3.8) is 0 Å². The van der Waals surface area contributed by atoms with E-state index < -0.39 is 5.76 Å². The van der Waals surface area contributed by atoms with E-state index >= 15 is 0 Å². The van der Waals surface area contributed by atoms with E-state index in [1.807, 2.05) is 11.8 Å². The number of oxazole rings is 1. The summed E-state index contributed by atoms with van der Waals surface area (Å²) in [5, 5.41) is 6.18. The van der Waals surface area contributed by atoms with E-state index in [2.05, 4.69) is 10.6 Å². The number of nitrogens with zero attached hydrogens (tertiary/aromatic N) is 1. The molecule has 1 saturated heterocycles. The number of aryl methyl sites for hydroxylation is 1. The number of rotatable bonds is 3. The summed E-state index contributed by atoms with van der Waals surface area (Å²) in [5.41, 5.74) is 1.83. The number of aromatic nitrogens is 1. The molecule has 1 amide bonds. The van der Waals surface area contributed by atoms with Crippen LogP contribution in [0.3, 0.4) is 0 Å². The Morgan fingerprint density at radius 3 is 3.09 bits per heavy atom. The van der Waals surface area contributed by atoms with Gasteiger partial charge in [0.25, 0.3) is 0 Å². The van der Waals surface area contributed by atoms with Crippen LogP contribution in [0.5, 0.6) is 0 Å². The molecule has 0 saturated carbocycles. The third kappa shape index (κ3) is 3.66. The molecular formula is C14H18ClN3O3S. The Labute approximate surface area is 138 Å². The van der Waals surface area contributed by atoms with Gasteiger partial charge in [-0.15, -0.1) is 12.4 Å². The number of carbonyl (C=O) groups is 1. The molecule has 8 heteroatoms. The molecule has 0 aliphatic carbocycles. The molecule has 3 rings (SSSR count). The minimum Gasteiger partial charge on any atom is -0.408 e. The normalized spacial score (nSPS) is 18.0. The highest BCUT2D eigenvalue weighted by molar-refractivity contribution is 7.99. The molecule has 1 atom stereocenters. The van der Waals surface area contributed by atoms with E-state index in [0.29, 0.717) is 23.2 Å². The van der Waals surface area contributed by atoms with Crippen LogP contribution < -0.4 is 16.4 Å². The number of amides is 1.